The van der Waals surface area contributed by atoms with Crippen LogP contribution in [0.5, 0.6) is 17.2 Å². The molecule has 0 spiro atoms. The number of rotatable bonds is 11. The average Bonchev–Trinajstić information content (AvgIpc) is 3.32. The number of hydrogen-bond donors (Lipinski definition) is 4. The second-order valence-corrected chi connectivity index (χ2v) is 8.99. The maximum atomic E-state index is 11.2. The van der Waals surface area contributed by atoms with Crippen molar-refractivity contribution in [3.63, 3.8) is 0 Å². The van der Waals surface area contributed by atoms with E-state index in [0.717, 1.165) is 12.0 Å². The molecule has 3 aromatic carbocycles. The van der Waals surface area contributed by atoms with Crippen molar-refractivity contribution < 1.29 is 19.4 Å². The number of fused-ring (bicyclic) bond motifs is 1. The molecule has 0 bridgehead atoms. The Labute approximate surface area is 203 Å². The van der Waals surface area contributed by atoms with Crippen LogP contribution in [0, 0.1) is 0 Å². The number of ether oxygens (including phenoxy) is 2. The third kappa shape index (κ3) is 6.56. The zero-order chi connectivity index (χ0) is 24.8. The number of aromatic amines is 1. The quantitative estimate of drug-likeness (QED) is 0.262. The molecule has 182 valence electrons. The minimum absolute atomic E-state index is 0.140. The summed E-state index contributed by atoms with van der Waals surface area (Å²) in [7, 11) is 0. The molecule has 1 unspecified atom stereocenters. The van der Waals surface area contributed by atoms with Gasteiger partial charge in [-0.2, -0.15) is 15.4 Å². The molecule has 0 aliphatic rings. The summed E-state index contributed by atoms with van der Waals surface area (Å²) in [6.07, 6.45) is 0.0695. The van der Waals surface area contributed by atoms with Gasteiger partial charge in [-0.3, -0.25) is 4.79 Å². The molecule has 0 aliphatic heterocycles. The molecule has 1 aromatic heterocycles. The van der Waals surface area contributed by atoms with Crippen LogP contribution in [0.4, 0.5) is 0 Å². The van der Waals surface area contributed by atoms with Crippen molar-refractivity contribution >= 4 is 16.9 Å². The summed E-state index contributed by atoms with van der Waals surface area (Å²) in [6, 6.07) is 20.0. The second-order valence-electron chi connectivity index (χ2n) is 8.99. The van der Waals surface area contributed by atoms with Gasteiger partial charge >= 0.3 is 0 Å². The summed E-state index contributed by atoms with van der Waals surface area (Å²) >= 11 is 0. The first-order valence-electron chi connectivity index (χ1n) is 11.3. The summed E-state index contributed by atoms with van der Waals surface area (Å²) in [5, 5.41) is 24.5. The van der Waals surface area contributed by atoms with E-state index in [1.54, 1.807) is 30.3 Å². The highest BCUT2D eigenvalue weighted by Crippen LogP contribution is 2.24. The first-order valence-corrected chi connectivity index (χ1v) is 11.3. The van der Waals surface area contributed by atoms with Crippen LogP contribution in [0.25, 0.3) is 11.0 Å². The lowest BCUT2D eigenvalue weighted by atomic mass is 9.94. The zero-order valence-corrected chi connectivity index (χ0v) is 19.7. The number of hydrogen-bond acceptors (Lipinski definition) is 7. The van der Waals surface area contributed by atoms with Crippen molar-refractivity contribution in [3.8, 4) is 17.2 Å². The summed E-state index contributed by atoms with van der Waals surface area (Å²) < 4.78 is 11.6. The topological polar surface area (TPSA) is 135 Å². The van der Waals surface area contributed by atoms with E-state index >= 15 is 0 Å². The lowest BCUT2D eigenvalue weighted by molar-refractivity contribution is 0.0994. The maximum absolute atomic E-state index is 11.2. The minimum Gasteiger partial charge on any atom is -0.488 e. The molecule has 9 heteroatoms. The van der Waals surface area contributed by atoms with Crippen LogP contribution in [0.3, 0.4) is 0 Å². The highest BCUT2D eigenvalue weighted by atomic mass is 16.5. The number of primary amides is 1. The summed E-state index contributed by atoms with van der Waals surface area (Å²) in [6.45, 7) is 4.69. The maximum Gasteiger partial charge on any atom is 0.248 e. The number of β-amino-alcohol motifs (C(OH)–C–C–N with tert-alkyl or cyclic N) is 1. The van der Waals surface area contributed by atoms with E-state index in [4.69, 9.17) is 15.2 Å². The molecule has 0 aliphatic carbocycles. The van der Waals surface area contributed by atoms with Gasteiger partial charge in [-0.1, -0.05) is 18.2 Å². The number of aliphatic hydroxyl groups excluding tert-OH is 1. The Morgan fingerprint density at radius 3 is 2.43 bits per heavy atom. The van der Waals surface area contributed by atoms with E-state index in [2.05, 4.69) is 34.6 Å². The number of benzene rings is 3. The molecular formula is C26H29N5O4. The Hall–Kier alpha value is -3.95. The molecule has 0 saturated heterocycles. The van der Waals surface area contributed by atoms with Crippen LogP contribution in [0.1, 0.15) is 29.8 Å². The van der Waals surface area contributed by atoms with Gasteiger partial charge in [-0.25, -0.2) is 0 Å². The van der Waals surface area contributed by atoms with Gasteiger partial charge in [0.05, 0.1) is 0 Å². The van der Waals surface area contributed by atoms with E-state index in [1.165, 1.54) is 0 Å². The summed E-state index contributed by atoms with van der Waals surface area (Å²) in [4.78, 5) is 11.2. The van der Waals surface area contributed by atoms with Gasteiger partial charge in [0.1, 0.15) is 35.5 Å². The highest BCUT2D eigenvalue weighted by molar-refractivity contribution is 5.92. The third-order valence-electron chi connectivity index (χ3n) is 5.50. The van der Waals surface area contributed by atoms with Crippen molar-refractivity contribution in [2.75, 3.05) is 13.2 Å². The van der Waals surface area contributed by atoms with Crippen molar-refractivity contribution in [2.24, 2.45) is 5.73 Å². The van der Waals surface area contributed by atoms with E-state index in [9.17, 15) is 9.90 Å². The molecule has 5 N–H and O–H groups in total. The molecule has 35 heavy (non-hydrogen) atoms. The number of carbonyl (C=O) groups excluding carboxylic acids is 1. The predicted octanol–water partition coefficient (Wildman–Crippen LogP) is 3.20. The van der Waals surface area contributed by atoms with Gasteiger partial charge in [-0.15, -0.1) is 0 Å². The molecule has 1 atom stereocenters. The van der Waals surface area contributed by atoms with Gasteiger partial charge in [-0.05, 0) is 74.4 Å². The van der Waals surface area contributed by atoms with E-state index < -0.39 is 12.0 Å². The number of carbonyl (C=O) groups is 1. The first kappa shape index (κ1) is 24.2. The number of nitrogens with zero attached hydrogens (tertiary/aromatic N) is 2. The fourth-order valence-corrected chi connectivity index (χ4v) is 3.67. The number of amides is 1. The van der Waals surface area contributed by atoms with Crippen molar-refractivity contribution in [1.82, 2.24) is 20.7 Å². The lowest BCUT2D eigenvalue weighted by Crippen LogP contribution is -2.46. The Morgan fingerprint density at radius 1 is 1.06 bits per heavy atom. The number of para-hydroxylation sites is 1. The molecule has 1 heterocycles. The zero-order valence-electron chi connectivity index (χ0n) is 19.7. The first-order chi connectivity index (χ1) is 16.8. The van der Waals surface area contributed by atoms with Crippen molar-refractivity contribution in [1.29, 1.82) is 0 Å². The number of H-pyrrole nitrogens is 1. The van der Waals surface area contributed by atoms with E-state index in [-0.39, 0.29) is 12.1 Å². The van der Waals surface area contributed by atoms with Gasteiger partial charge in [0.25, 0.3) is 0 Å². The SMILES string of the molecule is CC(C)(Cc1ccc(Oc2ccc(C(N)=O)cc2)cc1)NCC(O)COc1cccc2n[nH]nc12. The predicted molar refractivity (Wildman–Crippen MR) is 133 cm³/mol. The molecule has 1 amide bonds. The summed E-state index contributed by atoms with van der Waals surface area (Å²) in [5.41, 5.74) is 7.94. The molecule has 4 rings (SSSR count). The smallest absolute Gasteiger partial charge is 0.248 e. The fraction of sp³-hybridized carbons (Fsp3) is 0.269. The fourth-order valence-electron chi connectivity index (χ4n) is 3.67. The largest absolute Gasteiger partial charge is 0.488 e. The molecular weight excluding hydrogens is 446 g/mol. The highest BCUT2D eigenvalue weighted by Gasteiger charge is 2.20. The average molecular weight is 476 g/mol. The minimum atomic E-state index is -0.687. The normalized spacial score (nSPS) is 12.4. The van der Waals surface area contributed by atoms with Gasteiger partial charge in [0, 0.05) is 17.6 Å². The van der Waals surface area contributed by atoms with Crippen LogP contribution in [-0.2, 0) is 6.42 Å². The van der Waals surface area contributed by atoms with E-state index in [0.29, 0.717) is 40.4 Å². The number of aliphatic hydroxyl groups is 1. The Bertz CT molecular complexity index is 1270. The molecule has 0 fully saturated rings. The van der Waals surface area contributed by atoms with Crippen LogP contribution < -0.4 is 20.5 Å². The number of nitrogens with two attached hydrogens (primary N) is 1. The number of aromatic nitrogens is 3. The Balaban J connectivity index is 1.25. The molecule has 4 aromatic rings. The lowest BCUT2D eigenvalue weighted by Gasteiger charge is -2.28. The van der Waals surface area contributed by atoms with Crippen LogP contribution in [0.15, 0.2) is 66.7 Å². The molecule has 0 radical (unpaired) electrons. The second kappa shape index (κ2) is 10.5. The van der Waals surface area contributed by atoms with Crippen LogP contribution in [0.2, 0.25) is 0 Å². The van der Waals surface area contributed by atoms with Crippen LogP contribution >= 0.6 is 0 Å². The summed E-state index contributed by atoms with van der Waals surface area (Å²) in [5.74, 6) is 1.43. The third-order valence-corrected chi connectivity index (χ3v) is 5.50. The standard InChI is InChI=1S/C26H29N5O4/c1-26(2,28-15-19(32)16-34-23-5-3-4-22-24(23)30-31-29-22)14-17-6-10-20(11-7-17)35-21-12-8-18(9-13-21)25(27)33/h3-13,19,28,32H,14-16H2,1-2H3,(H2,27,33)(H,29,30,31). The Morgan fingerprint density at radius 2 is 1.74 bits per heavy atom. The van der Waals surface area contributed by atoms with E-state index in [1.807, 2.05) is 36.4 Å². The molecule has 0 saturated carbocycles. The van der Waals surface area contributed by atoms with Crippen molar-refractivity contribution in [2.45, 2.75) is 31.9 Å². The Kier molecular flexibility index (Phi) is 7.28. The van der Waals surface area contributed by atoms with Crippen molar-refractivity contribution in [3.05, 3.63) is 77.9 Å². The number of nitrogens with one attached hydrogen (secondary N) is 2. The van der Waals surface area contributed by atoms with Gasteiger partial charge < -0.3 is 25.6 Å². The monoisotopic (exact) mass is 475 g/mol. The van der Waals surface area contributed by atoms with Crippen LogP contribution in [-0.4, -0.2) is 51.2 Å². The van der Waals surface area contributed by atoms with Gasteiger partial charge in [0.2, 0.25) is 5.91 Å². The molecule has 9 nitrogen and oxygen atoms in total. The van der Waals surface area contributed by atoms with Gasteiger partial charge in [0.15, 0.2) is 5.52 Å².